The van der Waals surface area contributed by atoms with E-state index in [1.165, 1.54) is 70.8 Å². The quantitative estimate of drug-likeness (QED) is 0.248. The molecule has 0 unspecified atom stereocenters. The van der Waals surface area contributed by atoms with Crippen molar-refractivity contribution in [2.45, 2.75) is 0 Å². The van der Waals surface area contributed by atoms with E-state index >= 15 is 0 Å². The molecule has 1 nitrogen and oxygen atoms in total. The summed E-state index contributed by atoms with van der Waals surface area (Å²) in [7, 11) is 0. The second kappa shape index (κ2) is 5.33. The van der Waals surface area contributed by atoms with Crippen molar-refractivity contribution in [1.29, 1.82) is 0 Å². The molecule has 0 saturated heterocycles. The Morgan fingerprint density at radius 1 is 0.387 bits per heavy atom. The van der Waals surface area contributed by atoms with Crippen molar-refractivity contribution in [3.63, 3.8) is 0 Å². The summed E-state index contributed by atoms with van der Waals surface area (Å²) < 4.78 is 2.49. The van der Waals surface area contributed by atoms with Gasteiger partial charge in [-0.05, 0) is 50.9 Å². The van der Waals surface area contributed by atoms with Gasteiger partial charge in [0, 0.05) is 21.5 Å². The predicted molar refractivity (Wildman–Crippen MR) is 133 cm³/mol. The molecule has 31 heavy (non-hydrogen) atoms. The summed E-state index contributed by atoms with van der Waals surface area (Å²) in [6, 6.07) is 37.8. The number of aromatic nitrogens is 1. The first-order chi connectivity index (χ1) is 15.4. The topological polar surface area (TPSA) is 4.41 Å². The maximum Gasteiger partial charge on any atom is 0.0626 e. The Morgan fingerprint density at radius 2 is 1.10 bits per heavy atom. The van der Waals surface area contributed by atoms with Gasteiger partial charge in [-0.3, -0.25) is 0 Å². The molecule has 0 N–H and O–H groups in total. The molecule has 0 fully saturated rings. The zero-order chi connectivity index (χ0) is 20.1. The summed E-state index contributed by atoms with van der Waals surface area (Å²) in [5.41, 5.74) is 6.48. The monoisotopic (exact) mass is 391 g/mol. The highest BCUT2D eigenvalue weighted by atomic mass is 14.9. The van der Waals surface area contributed by atoms with Crippen LogP contribution in [0.25, 0.3) is 70.8 Å². The van der Waals surface area contributed by atoms with Crippen molar-refractivity contribution >= 4 is 59.6 Å². The molecule has 0 aliphatic heterocycles. The summed E-state index contributed by atoms with van der Waals surface area (Å²) >= 11 is 0. The molecule has 1 heteroatoms. The number of hydrogen-bond donors (Lipinski definition) is 0. The fourth-order valence-electron chi connectivity index (χ4n) is 5.81. The maximum atomic E-state index is 2.49. The normalized spacial score (nSPS) is 12.5. The lowest BCUT2D eigenvalue weighted by atomic mass is 9.93. The largest absolute Gasteiger partial charge is 0.308 e. The molecule has 0 atom stereocenters. The molecule has 8 rings (SSSR count). The van der Waals surface area contributed by atoms with Gasteiger partial charge in [0.1, 0.15) is 0 Å². The minimum atomic E-state index is 1.26. The van der Waals surface area contributed by atoms with Crippen LogP contribution in [0.2, 0.25) is 0 Å². The number of nitrogens with zero attached hydrogens (tertiary/aromatic N) is 1. The Hall–Kier alpha value is -4.10. The van der Waals surface area contributed by atoms with E-state index in [9.17, 15) is 0 Å². The van der Waals surface area contributed by atoms with Crippen LogP contribution in [0, 0.1) is 0 Å². The molecule has 6 aromatic carbocycles. The van der Waals surface area contributed by atoms with Gasteiger partial charge >= 0.3 is 0 Å². The molecule has 2 heterocycles. The Bertz CT molecular complexity index is 1920. The predicted octanol–water partition coefficient (Wildman–Crippen LogP) is 8.25. The van der Waals surface area contributed by atoms with Crippen LogP contribution in [0.5, 0.6) is 0 Å². The van der Waals surface area contributed by atoms with E-state index < -0.39 is 0 Å². The van der Waals surface area contributed by atoms with E-state index in [0.717, 1.165) is 0 Å². The van der Waals surface area contributed by atoms with E-state index in [2.05, 4.69) is 108 Å². The Balaban J connectivity index is 1.65. The van der Waals surface area contributed by atoms with Crippen molar-refractivity contribution in [1.82, 2.24) is 4.40 Å². The molecule has 8 aromatic rings. The van der Waals surface area contributed by atoms with Crippen molar-refractivity contribution in [3.05, 3.63) is 103 Å². The molecular weight excluding hydrogens is 374 g/mol. The zero-order valence-corrected chi connectivity index (χ0v) is 16.8. The Labute approximate surface area is 178 Å². The van der Waals surface area contributed by atoms with E-state index in [4.69, 9.17) is 0 Å². The van der Waals surface area contributed by atoms with Gasteiger partial charge in [0.2, 0.25) is 0 Å². The summed E-state index contributed by atoms with van der Waals surface area (Å²) in [6.07, 6.45) is 0. The highest BCUT2D eigenvalue weighted by Crippen LogP contribution is 2.47. The van der Waals surface area contributed by atoms with Crippen molar-refractivity contribution < 1.29 is 0 Å². The summed E-state index contributed by atoms with van der Waals surface area (Å²) in [5, 5.41) is 10.9. The fourth-order valence-corrected chi connectivity index (χ4v) is 5.81. The average Bonchev–Trinajstić information content (AvgIpc) is 3.36. The van der Waals surface area contributed by atoms with Crippen LogP contribution in [0.1, 0.15) is 0 Å². The van der Waals surface area contributed by atoms with E-state index in [1.54, 1.807) is 0 Å². The summed E-state index contributed by atoms with van der Waals surface area (Å²) in [5.74, 6) is 0. The highest BCUT2D eigenvalue weighted by molar-refractivity contribution is 6.38. The van der Waals surface area contributed by atoms with E-state index in [1.807, 2.05) is 0 Å². The standard InChI is InChI=1S/C30H17N/c1-2-7-18(8-3-1)19-13-16-26-25(17-19)24-15-14-23-21-10-5-4-9-20(21)22-11-6-12-27-28(22)29(23)30(24)31(26)27/h1-17H. The van der Waals surface area contributed by atoms with Crippen LogP contribution < -0.4 is 0 Å². The van der Waals surface area contributed by atoms with Crippen LogP contribution in [-0.2, 0) is 0 Å². The lowest BCUT2D eigenvalue weighted by Gasteiger charge is -2.09. The minimum absolute atomic E-state index is 1.26. The molecule has 0 aliphatic rings. The molecule has 0 radical (unpaired) electrons. The van der Waals surface area contributed by atoms with Crippen LogP contribution >= 0.6 is 0 Å². The Morgan fingerprint density at radius 3 is 1.94 bits per heavy atom. The zero-order valence-electron chi connectivity index (χ0n) is 16.8. The average molecular weight is 391 g/mol. The lowest BCUT2D eigenvalue weighted by Crippen LogP contribution is -1.83. The van der Waals surface area contributed by atoms with E-state index in [-0.39, 0.29) is 0 Å². The third-order valence-corrected chi connectivity index (χ3v) is 7.08. The molecule has 142 valence electrons. The third kappa shape index (κ3) is 1.79. The maximum absolute atomic E-state index is 2.49. The second-order valence-corrected chi connectivity index (χ2v) is 8.56. The number of rotatable bonds is 1. The van der Waals surface area contributed by atoms with Gasteiger partial charge in [-0.1, -0.05) is 84.9 Å². The Kier molecular flexibility index (Phi) is 2.70. The fraction of sp³-hybridized carbons (Fsp3) is 0. The summed E-state index contributed by atoms with van der Waals surface area (Å²) in [4.78, 5) is 0. The molecule has 0 saturated carbocycles. The smallest absolute Gasteiger partial charge is 0.0626 e. The van der Waals surface area contributed by atoms with Gasteiger partial charge in [-0.15, -0.1) is 0 Å². The van der Waals surface area contributed by atoms with Gasteiger partial charge in [0.15, 0.2) is 0 Å². The van der Waals surface area contributed by atoms with Crippen molar-refractivity contribution in [3.8, 4) is 11.1 Å². The molecule has 0 amide bonds. The summed E-state index contributed by atoms with van der Waals surface area (Å²) in [6.45, 7) is 0. The molecular formula is C30H17N. The van der Waals surface area contributed by atoms with Crippen LogP contribution in [0.4, 0.5) is 0 Å². The first kappa shape index (κ1) is 15.7. The lowest BCUT2D eigenvalue weighted by molar-refractivity contribution is 1.37. The van der Waals surface area contributed by atoms with Crippen LogP contribution in [0.15, 0.2) is 103 Å². The van der Waals surface area contributed by atoms with Crippen molar-refractivity contribution in [2.75, 3.05) is 0 Å². The van der Waals surface area contributed by atoms with Crippen LogP contribution in [-0.4, -0.2) is 4.40 Å². The highest BCUT2D eigenvalue weighted by Gasteiger charge is 2.22. The second-order valence-electron chi connectivity index (χ2n) is 8.56. The molecule has 0 bridgehead atoms. The number of fused-ring (bicyclic) bond motifs is 7. The molecule has 0 aliphatic carbocycles. The third-order valence-electron chi connectivity index (χ3n) is 7.08. The number of benzene rings is 6. The first-order valence-corrected chi connectivity index (χ1v) is 10.8. The van der Waals surface area contributed by atoms with Gasteiger partial charge in [-0.25, -0.2) is 0 Å². The van der Waals surface area contributed by atoms with Gasteiger partial charge in [0.05, 0.1) is 16.6 Å². The van der Waals surface area contributed by atoms with Gasteiger partial charge in [0.25, 0.3) is 0 Å². The van der Waals surface area contributed by atoms with E-state index in [0.29, 0.717) is 0 Å². The van der Waals surface area contributed by atoms with Gasteiger partial charge in [-0.2, -0.15) is 0 Å². The minimum Gasteiger partial charge on any atom is -0.308 e. The molecule has 0 spiro atoms. The molecule has 2 aromatic heterocycles. The first-order valence-electron chi connectivity index (χ1n) is 10.8. The van der Waals surface area contributed by atoms with Gasteiger partial charge < -0.3 is 4.40 Å². The van der Waals surface area contributed by atoms with Crippen LogP contribution in [0.3, 0.4) is 0 Å². The van der Waals surface area contributed by atoms with Crippen molar-refractivity contribution in [2.24, 2.45) is 0 Å². The SMILES string of the molecule is c1ccc(-c2ccc3c(c2)c2ccc4c5ccccc5c5cccc6c5c4c2n36)cc1. The number of hydrogen-bond acceptors (Lipinski definition) is 0.